The van der Waals surface area contributed by atoms with Gasteiger partial charge >= 0.3 is 0 Å². The van der Waals surface area contributed by atoms with Crippen molar-refractivity contribution in [1.29, 1.82) is 0 Å². The third-order valence-corrected chi connectivity index (χ3v) is 7.57. The molecule has 0 saturated carbocycles. The van der Waals surface area contributed by atoms with Crippen LogP contribution in [0.15, 0.2) is 84.9 Å². The molecule has 6 heteroatoms. The van der Waals surface area contributed by atoms with Crippen LogP contribution in [0.4, 0.5) is 11.4 Å². The normalized spacial score (nSPS) is 11.4. The lowest BCUT2D eigenvalue weighted by atomic mass is 9.94. The van der Waals surface area contributed by atoms with Crippen molar-refractivity contribution < 1.29 is 0 Å². The van der Waals surface area contributed by atoms with Gasteiger partial charge in [0, 0.05) is 22.5 Å². The Hall–Kier alpha value is -3.74. The molecule has 0 atom stereocenters. The van der Waals surface area contributed by atoms with Crippen LogP contribution in [0.5, 0.6) is 0 Å². The number of thiazole rings is 2. The predicted octanol–water partition coefficient (Wildman–Crippen LogP) is 7.07. The van der Waals surface area contributed by atoms with Crippen LogP contribution >= 0.6 is 22.7 Å². The highest BCUT2D eigenvalue weighted by Gasteiger charge is 2.18. The van der Waals surface area contributed by atoms with E-state index >= 15 is 0 Å². The third kappa shape index (κ3) is 3.21. The summed E-state index contributed by atoms with van der Waals surface area (Å²) in [6, 6.07) is 28.4. The fourth-order valence-electron chi connectivity index (χ4n) is 3.92. The van der Waals surface area contributed by atoms with Crippen LogP contribution in [-0.4, -0.2) is 9.97 Å². The number of anilines is 2. The molecule has 0 amide bonds. The van der Waals surface area contributed by atoms with E-state index in [4.69, 9.17) is 21.4 Å². The van der Waals surface area contributed by atoms with Gasteiger partial charge in [0.2, 0.25) is 0 Å². The van der Waals surface area contributed by atoms with Gasteiger partial charge in [-0.25, -0.2) is 9.97 Å². The maximum atomic E-state index is 6.21. The smallest absolute Gasteiger partial charge is 0.125 e. The second-order valence-electron chi connectivity index (χ2n) is 7.58. The van der Waals surface area contributed by atoms with E-state index < -0.39 is 0 Å². The van der Waals surface area contributed by atoms with Gasteiger partial charge in [-0.2, -0.15) is 0 Å². The van der Waals surface area contributed by atoms with Crippen LogP contribution in [0.3, 0.4) is 0 Å². The summed E-state index contributed by atoms with van der Waals surface area (Å²) in [5.41, 5.74) is 20.0. The minimum Gasteiger partial charge on any atom is -0.399 e. The van der Waals surface area contributed by atoms with E-state index in [9.17, 15) is 0 Å². The first-order valence-electron chi connectivity index (χ1n) is 10.2. The molecule has 0 fully saturated rings. The van der Waals surface area contributed by atoms with Crippen molar-refractivity contribution in [3.05, 3.63) is 84.9 Å². The average molecular weight is 451 g/mol. The van der Waals surface area contributed by atoms with Crippen LogP contribution in [0.25, 0.3) is 52.7 Å². The molecule has 0 saturated heterocycles. The van der Waals surface area contributed by atoms with Crippen molar-refractivity contribution in [1.82, 2.24) is 9.97 Å². The molecule has 0 aliphatic carbocycles. The minimum absolute atomic E-state index is 0.708. The van der Waals surface area contributed by atoms with Crippen molar-refractivity contribution in [2.24, 2.45) is 0 Å². The second kappa shape index (κ2) is 7.44. The number of nitrogen functional groups attached to an aromatic ring is 2. The minimum atomic E-state index is 0.708. The summed E-state index contributed by atoms with van der Waals surface area (Å²) in [4.78, 5) is 9.78. The number of aromatic nitrogens is 2. The first-order valence-corrected chi connectivity index (χ1v) is 11.8. The molecule has 4 nitrogen and oxygen atoms in total. The predicted molar refractivity (Wildman–Crippen MR) is 138 cm³/mol. The van der Waals surface area contributed by atoms with Gasteiger partial charge in [-0.3, -0.25) is 0 Å². The number of fused-ring (bicyclic) bond motifs is 2. The van der Waals surface area contributed by atoms with Gasteiger partial charge in [0.25, 0.3) is 0 Å². The van der Waals surface area contributed by atoms with Crippen LogP contribution in [-0.2, 0) is 0 Å². The van der Waals surface area contributed by atoms with Gasteiger partial charge in [-0.1, -0.05) is 36.4 Å². The first kappa shape index (κ1) is 19.0. The lowest BCUT2D eigenvalue weighted by Crippen LogP contribution is -1.93. The van der Waals surface area contributed by atoms with Gasteiger partial charge in [-0.05, 0) is 59.7 Å². The number of para-hydroxylation sites is 2. The van der Waals surface area contributed by atoms with Gasteiger partial charge in [0.15, 0.2) is 0 Å². The van der Waals surface area contributed by atoms with Crippen molar-refractivity contribution in [3.63, 3.8) is 0 Å². The molecule has 2 aromatic heterocycles. The molecule has 6 rings (SSSR count). The largest absolute Gasteiger partial charge is 0.399 e. The zero-order valence-corrected chi connectivity index (χ0v) is 18.6. The van der Waals surface area contributed by atoms with E-state index in [1.165, 1.54) is 0 Å². The highest BCUT2D eigenvalue weighted by Crippen LogP contribution is 2.43. The standard InChI is InChI=1S/C26H18N4S2/c27-15-9-11-17(19(13-15)25-29-21-5-1-3-7-23(21)31-25)18-12-10-16(28)14-20(18)26-30-22-6-2-4-8-24(22)32-26/h1-14H,27-28H2. The van der Waals surface area contributed by atoms with E-state index in [1.807, 2.05) is 60.7 Å². The van der Waals surface area contributed by atoms with Gasteiger partial charge in [0.05, 0.1) is 20.4 Å². The van der Waals surface area contributed by atoms with Gasteiger partial charge in [0.1, 0.15) is 10.0 Å². The molecule has 0 aliphatic heterocycles. The molecule has 6 aromatic rings. The Morgan fingerprint density at radius 1 is 0.500 bits per heavy atom. The molecule has 4 N–H and O–H groups in total. The Morgan fingerprint density at radius 3 is 1.38 bits per heavy atom. The zero-order valence-electron chi connectivity index (χ0n) is 16.9. The summed E-state index contributed by atoms with van der Waals surface area (Å²) in [6.45, 7) is 0. The number of benzene rings is 4. The fraction of sp³-hybridized carbons (Fsp3) is 0. The van der Waals surface area contributed by atoms with E-state index in [0.29, 0.717) is 11.4 Å². The number of hydrogen-bond acceptors (Lipinski definition) is 6. The van der Waals surface area contributed by atoms with Gasteiger partial charge < -0.3 is 11.5 Å². The van der Waals surface area contributed by atoms with Crippen LogP contribution in [0.2, 0.25) is 0 Å². The lowest BCUT2D eigenvalue weighted by molar-refractivity contribution is 1.46. The van der Waals surface area contributed by atoms with Crippen molar-refractivity contribution in [3.8, 4) is 32.3 Å². The summed E-state index contributed by atoms with van der Waals surface area (Å²) < 4.78 is 2.30. The zero-order chi connectivity index (χ0) is 21.7. The maximum Gasteiger partial charge on any atom is 0.125 e. The van der Waals surface area contributed by atoms with Crippen LogP contribution in [0, 0.1) is 0 Å². The van der Waals surface area contributed by atoms with Crippen LogP contribution < -0.4 is 11.5 Å². The van der Waals surface area contributed by atoms with Crippen molar-refractivity contribution >= 4 is 54.5 Å². The summed E-state index contributed by atoms with van der Waals surface area (Å²) in [5, 5.41) is 1.89. The Bertz CT molecular complexity index is 1430. The van der Waals surface area contributed by atoms with Crippen molar-refractivity contribution in [2.45, 2.75) is 0 Å². The molecule has 0 bridgehead atoms. The monoisotopic (exact) mass is 450 g/mol. The summed E-state index contributed by atoms with van der Waals surface area (Å²) in [5.74, 6) is 0. The first-order chi connectivity index (χ1) is 15.7. The number of hydrogen-bond donors (Lipinski definition) is 2. The molecule has 0 radical (unpaired) electrons. The summed E-state index contributed by atoms with van der Waals surface area (Å²) in [7, 11) is 0. The second-order valence-corrected chi connectivity index (χ2v) is 9.64. The molecule has 2 heterocycles. The summed E-state index contributed by atoms with van der Waals surface area (Å²) >= 11 is 3.34. The summed E-state index contributed by atoms with van der Waals surface area (Å²) in [6.07, 6.45) is 0. The lowest BCUT2D eigenvalue weighted by Gasteiger charge is -2.13. The number of nitrogens with zero attached hydrogens (tertiary/aromatic N) is 2. The molecule has 4 aromatic carbocycles. The van der Waals surface area contributed by atoms with Crippen molar-refractivity contribution in [2.75, 3.05) is 11.5 Å². The van der Waals surface area contributed by atoms with Gasteiger partial charge in [-0.15, -0.1) is 22.7 Å². The van der Waals surface area contributed by atoms with Crippen LogP contribution in [0.1, 0.15) is 0 Å². The maximum absolute atomic E-state index is 6.21. The fourth-order valence-corrected chi connectivity index (χ4v) is 5.91. The Morgan fingerprint density at radius 2 is 0.938 bits per heavy atom. The molecule has 154 valence electrons. The highest BCUT2D eigenvalue weighted by molar-refractivity contribution is 7.22. The van der Waals surface area contributed by atoms with E-state index in [1.54, 1.807) is 22.7 Å². The number of nitrogens with two attached hydrogens (primary N) is 2. The van der Waals surface area contributed by atoms with E-state index in [0.717, 1.165) is 52.7 Å². The molecular weight excluding hydrogens is 432 g/mol. The van der Waals surface area contributed by atoms with E-state index in [-0.39, 0.29) is 0 Å². The molecule has 0 spiro atoms. The van der Waals surface area contributed by atoms with E-state index in [2.05, 4.69) is 24.3 Å². The SMILES string of the molecule is Nc1ccc(-c2ccc(N)cc2-c2nc3ccccc3s2)c(-c2nc3ccccc3s2)c1. The average Bonchev–Trinajstić information content (AvgIpc) is 3.43. The molecule has 0 unspecified atom stereocenters. The molecular formula is C26H18N4S2. The quantitative estimate of drug-likeness (QED) is 0.283. The topological polar surface area (TPSA) is 77.8 Å². The third-order valence-electron chi connectivity index (χ3n) is 5.43. The molecule has 32 heavy (non-hydrogen) atoms. The molecule has 0 aliphatic rings. The highest BCUT2D eigenvalue weighted by atomic mass is 32.1. The Balaban J connectivity index is 1.59. The Kier molecular flexibility index (Phi) is 4.41. The number of rotatable bonds is 3. The Labute approximate surface area is 192 Å².